The van der Waals surface area contributed by atoms with Crippen molar-refractivity contribution >= 4 is 33.2 Å². The molecule has 0 saturated heterocycles. The van der Waals surface area contributed by atoms with E-state index in [0.717, 1.165) is 27.0 Å². The fourth-order valence-electron chi connectivity index (χ4n) is 2.50. The van der Waals surface area contributed by atoms with Gasteiger partial charge >= 0.3 is 0 Å². The summed E-state index contributed by atoms with van der Waals surface area (Å²) in [7, 11) is 0. The van der Waals surface area contributed by atoms with Gasteiger partial charge in [0.1, 0.15) is 0 Å². The van der Waals surface area contributed by atoms with Gasteiger partial charge in [0.2, 0.25) is 5.91 Å². The number of hydrogen-bond acceptors (Lipinski definition) is 2. The Labute approximate surface area is 140 Å². The highest BCUT2D eigenvalue weighted by molar-refractivity contribution is 9.10. The molecule has 0 radical (unpaired) electrons. The highest BCUT2D eigenvalue weighted by Crippen LogP contribution is 2.22. The quantitative estimate of drug-likeness (QED) is 0.802. The Morgan fingerprint density at radius 1 is 1.09 bits per heavy atom. The molecule has 2 N–H and O–H groups in total. The number of rotatable bonds is 5. The highest BCUT2D eigenvalue weighted by Gasteiger charge is 2.08. The first-order chi connectivity index (χ1) is 10.5. The van der Waals surface area contributed by atoms with Gasteiger partial charge in [-0.3, -0.25) is 4.79 Å². The Morgan fingerprint density at radius 3 is 2.41 bits per heavy atom. The minimum atomic E-state index is 0.0255. The van der Waals surface area contributed by atoms with E-state index >= 15 is 0 Å². The molecular formula is C18H21BrN2O. The lowest BCUT2D eigenvalue weighted by Crippen LogP contribution is -2.17. The van der Waals surface area contributed by atoms with Crippen LogP contribution in [0.25, 0.3) is 0 Å². The van der Waals surface area contributed by atoms with E-state index in [0.29, 0.717) is 13.0 Å². The molecule has 116 valence electrons. The number of anilines is 2. The van der Waals surface area contributed by atoms with E-state index in [1.165, 1.54) is 5.56 Å². The van der Waals surface area contributed by atoms with Crippen molar-refractivity contribution in [3.63, 3.8) is 0 Å². The molecule has 2 rings (SSSR count). The molecule has 1 amide bonds. The van der Waals surface area contributed by atoms with E-state index in [1.807, 2.05) is 38.1 Å². The van der Waals surface area contributed by atoms with Gasteiger partial charge in [0.15, 0.2) is 0 Å². The third-order valence-electron chi connectivity index (χ3n) is 3.45. The third-order valence-corrected chi connectivity index (χ3v) is 3.94. The number of amides is 1. The van der Waals surface area contributed by atoms with Gasteiger partial charge < -0.3 is 10.6 Å². The van der Waals surface area contributed by atoms with Gasteiger partial charge in [-0.2, -0.15) is 0 Å². The van der Waals surface area contributed by atoms with Crippen molar-refractivity contribution in [1.29, 1.82) is 0 Å². The highest BCUT2D eigenvalue weighted by atomic mass is 79.9. The molecule has 0 heterocycles. The van der Waals surface area contributed by atoms with Gasteiger partial charge in [-0.25, -0.2) is 0 Å². The summed E-state index contributed by atoms with van der Waals surface area (Å²) in [4.78, 5) is 12.1. The van der Waals surface area contributed by atoms with Gasteiger partial charge in [0.05, 0.1) is 0 Å². The number of hydrogen-bond donors (Lipinski definition) is 2. The monoisotopic (exact) mass is 360 g/mol. The van der Waals surface area contributed by atoms with Gasteiger partial charge in [-0.15, -0.1) is 0 Å². The van der Waals surface area contributed by atoms with Crippen LogP contribution in [0.2, 0.25) is 0 Å². The largest absolute Gasteiger partial charge is 0.384 e. The summed E-state index contributed by atoms with van der Waals surface area (Å²) in [6.07, 6.45) is 0.430. The molecule has 0 fully saturated rings. The van der Waals surface area contributed by atoms with Crippen LogP contribution in [0.1, 0.15) is 23.1 Å². The smallest absolute Gasteiger partial charge is 0.226 e. The Morgan fingerprint density at radius 2 is 1.77 bits per heavy atom. The minimum absolute atomic E-state index is 0.0255. The van der Waals surface area contributed by atoms with Gasteiger partial charge in [-0.05, 0) is 50.1 Å². The first kappa shape index (κ1) is 16.6. The Kier molecular flexibility index (Phi) is 5.61. The molecular weight excluding hydrogens is 340 g/mol. The molecule has 0 aliphatic carbocycles. The summed E-state index contributed by atoms with van der Waals surface area (Å²) in [5.41, 5.74) is 5.35. The number of nitrogens with one attached hydrogen (secondary N) is 2. The molecule has 0 atom stereocenters. The van der Waals surface area contributed by atoms with Crippen LogP contribution in [0.5, 0.6) is 0 Å². The summed E-state index contributed by atoms with van der Waals surface area (Å²) < 4.78 is 1.02. The number of carbonyl (C=O) groups excluding carboxylic acids is 1. The van der Waals surface area contributed by atoms with Crippen LogP contribution in [0.3, 0.4) is 0 Å². The maximum atomic E-state index is 12.1. The summed E-state index contributed by atoms with van der Waals surface area (Å²) in [6.45, 7) is 6.71. The van der Waals surface area contributed by atoms with Crippen LogP contribution in [0.4, 0.5) is 11.4 Å². The molecule has 3 nitrogen and oxygen atoms in total. The van der Waals surface area contributed by atoms with Crippen LogP contribution in [-0.4, -0.2) is 12.5 Å². The molecule has 0 aliphatic heterocycles. The van der Waals surface area contributed by atoms with Crippen molar-refractivity contribution in [3.05, 3.63) is 57.6 Å². The molecule has 4 heteroatoms. The van der Waals surface area contributed by atoms with E-state index in [1.54, 1.807) is 0 Å². The maximum absolute atomic E-state index is 12.1. The van der Waals surface area contributed by atoms with E-state index < -0.39 is 0 Å². The van der Waals surface area contributed by atoms with Crippen molar-refractivity contribution in [1.82, 2.24) is 0 Å². The predicted octanol–water partition coefficient (Wildman–Crippen LogP) is 4.82. The maximum Gasteiger partial charge on any atom is 0.226 e. The van der Waals surface area contributed by atoms with Gasteiger partial charge in [0, 0.05) is 28.8 Å². The Hall–Kier alpha value is -1.81. The lowest BCUT2D eigenvalue weighted by molar-refractivity contribution is -0.115. The van der Waals surface area contributed by atoms with Crippen LogP contribution < -0.4 is 10.6 Å². The van der Waals surface area contributed by atoms with E-state index in [2.05, 4.69) is 45.6 Å². The van der Waals surface area contributed by atoms with Gasteiger partial charge in [0.25, 0.3) is 0 Å². The molecule has 0 aliphatic rings. The first-order valence-corrected chi connectivity index (χ1v) is 8.12. The number of benzene rings is 2. The summed E-state index contributed by atoms with van der Waals surface area (Å²) in [5, 5.41) is 6.26. The fourth-order valence-corrected chi connectivity index (χ4v) is 2.90. The van der Waals surface area contributed by atoms with Crippen molar-refractivity contribution in [2.45, 2.75) is 27.2 Å². The molecule has 22 heavy (non-hydrogen) atoms. The molecule has 2 aromatic rings. The SMILES string of the molecule is Cc1cc(C)c(NC(=O)CCNc2cccc(Br)c2)c(C)c1. The van der Waals surface area contributed by atoms with Crippen LogP contribution in [0, 0.1) is 20.8 Å². The van der Waals surface area contributed by atoms with E-state index in [9.17, 15) is 4.79 Å². The predicted molar refractivity (Wildman–Crippen MR) is 96.5 cm³/mol. The molecule has 0 saturated carbocycles. The van der Waals surface area contributed by atoms with Crippen molar-refractivity contribution < 1.29 is 4.79 Å². The number of carbonyl (C=O) groups is 1. The van der Waals surface area contributed by atoms with Crippen molar-refractivity contribution in [2.75, 3.05) is 17.2 Å². The van der Waals surface area contributed by atoms with E-state index in [4.69, 9.17) is 0 Å². The van der Waals surface area contributed by atoms with Crippen LogP contribution in [-0.2, 0) is 4.79 Å². The molecule has 0 spiro atoms. The van der Waals surface area contributed by atoms with Crippen LogP contribution >= 0.6 is 15.9 Å². The lowest BCUT2D eigenvalue weighted by atomic mass is 10.1. The Bertz CT molecular complexity index is 660. The second-order valence-electron chi connectivity index (χ2n) is 5.51. The molecule has 0 aromatic heterocycles. The third kappa shape index (κ3) is 4.60. The minimum Gasteiger partial charge on any atom is -0.384 e. The molecule has 2 aromatic carbocycles. The fraction of sp³-hybridized carbons (Fsp3) is 0.278. The van der Waals surface area contributed by atoms with Gasteiger partial charge in [-0.1, -0.05) is 39.7 Å². The number of halogens is 1. The second-order valence-corrected chi connectivity index (χ2v) is 6.42. The molecule has 0 bridgehead atoms. The zero-order valence-corrected chi connectivity index (χ0v) is 14.8. The first-order valence-electron chi connectivity index (χ1n) is 7.33. The average molecular weight is 361 g/mol. The zero-order chi connectivity index (χ0) is 16.1. The molecule has 0 unspecified atom stereocenters. The zero-order valence-electron chi connectivity index (χ0n) is 13.2. The van der Waals surface area contributed by atoms with Crippen molar-refractivity contribution in [3.8, 4) is 0 Å². The Balaban J connectivity index is 1.89. The summed E-state index contributed by atoms with van der Waals surface area (Å²) >= 11 is 3.43. The van der Waals surface area contributed by atoms with Crippen LogP contribution in [0.15, 0.2) is 40.9 Å². The average Bonchev–Trinajstić information content (AvgIpc) is 2.43. The number of aryl methyl sites for hydroxylation is 3. The summed E-state index contributed by atoms with van der Waals surface area (Å²) in [5.74, 6) is 0.0255. The van der Waals surface area contributed by atoms with E-state index in [-0.39, 0.29) is 5.91 Å². The normalized spacial score (nSPS) is 10.4. The summed E-state index contributed by atoms with van der Waals surface area (Å²) in [6, 6.07) is 12.1. The van der Waals surface area contributed by atoms with Crippen molar-refractivity contribution in [2.24, 2.45) is 0 Å². The standard InChI is InChI=1S/C18H21BrN2O/c1-12-9-13(2)18(14(3)10-12)21-17(22)7-8-20-16-6-4-5-15(19)11-16/h4-6,9-11,20H,7-8H2,1-3H3,(H,21,22). The topological polar surface area (TPSA) is 41.1 Å². The lowest BCUT2D eigenvalue weighted by Gasteiger charge is -2.13. The second kappa shape index (κ2) is 7.45.